The van der Waals surface area contributed by atoms with E-state index in [1.807, 2.05) is 0 Å². The van der Waals surface area contributed by atoms with Gasteiger partial charge in [-0.25, -0.2) is 0 Å². The van der Waals surface area contributed by atoms with Gasteiger partial charge in [-0.05, 0) is 44.9 Å². The molecule has 0 aromatic rings. The second-order valence-corrected chi connectivity index (χ2v) is 24.2. The fourth-order valence-corrected chi connectivity index (χ4v) is 10.9. The first-order valence-electron chi connectivity index (χ1n) is 35.3. The maximum Gasteiger partial charge on any atom is 0.306 e. The van der Waals surface area contributed by atoms with Crippen LogP contribution >= 0.6 is 0 Å². The van der Waals surface area contributed by atoms with E-state index in [1.54, 1.807) is 0 Å². The number of carbonyl (C=O) groups excluding carboxylic acids is 3. The van der Waals surface area contributed by atoms with Crippen LogP contribution in [0, 0.1) is 0 Å². The number of hydrogen-bond donors (Lipinski definition) is 0. The highest BCUT2D eigenvalue weighted by molar-refractivity contribution is 5.71. The lowest BCUT2D eigenvalue weighted by molar-refractivity contribution is -0.167. The van der Waals surface area contributed by atoms with Crippen LogP contribution in [-0.2, 0) is 28.6 Å². The normalized spacial score (nSPS) is 12.1. The van der Waals surface area contributed by atoms with E-state index in [9.17, 15) is 14.4 Å². The SMILES string of the molecule is CCCC/C=C\C/C=C\CCCCCCCC(=O)OC(COC(=O)CCCCCCCCCCCCCCCC)COC(=O)CCCCCCCCCCCCCCCCCCCCCCCCCCCCCCCCCC. The number of rotatable bonds is 66. The maximum atomic E-state index is 12.9. The summed E-state index contributed by atoms with van der Waals surface area (Å²) < 4.78 is 16.9. The highest BCUT2D eigenvalue weighted by Crippen LogP contribution is 2.19. The fourth-order valence-electron chi connectivity index (χ4n) is 10.9. The molecule has 0 aliphatic heterocycles. The van der Waals surface area contributed by atoms with Crippen molar-refractivity contribution >= 4 is 17.9 Å². The first-order valence-corrected chi connectivity index (χ1v) is 35.3. The summed E-state index contributed by atoms with van der Waals surface area (Å²) in [6.45, 7) is 6.66. The number of ether oxygens (including phenoxy) is 3. The summed E-state index contributed by atoms with van der Waals surface area (Å²) in [6.07, 6.45) is 82.3. The molecule has 6 heteroatoms. The van der Waals surface area contributed by atoms with Gasteiger partial charge in [0.1, 0.15) is 13.2 Å². The summed E-state index contributed by atoms with van der Waals surface area (Å²) in [7, 11) is 0. The van der Waals surface area contributed by atoms with E-state index in [4.69, 9.17) is 14.2 Å². The third-order valence-corrected chi connectivity index (χ3v) is 16.2. The quantitative estimate of drug-likeness (QED) is 0.0261. The molecule has 0 aliphatic carbocycles. The van der Waals surface area contributed by atoms with Crippen LogP contribution < -0.4 is 0 Å². The molecule has 0 rings (SSSR count). The smallest absolute Gasteiger partial charge is 0.306 e. The summed E-state index contributed by atoms with van der Waals surface area (Å²) in [5, 5.41) is 0. The van der Waals surface area contributed by atoms with Crippen molar-refractivity contribution in [2.75, 3.05) is 13.2 Å². The second-order valence-electron chi connectivity index (χ2n) is 24.2. The molecule has 0 fully saturated rings. The Bertz CT molecular complexity index is 1260. The Kier molecular flexibility index (Phi) is 65.6. The third kappa shape index (κ3) is 64.7. The van der Waals surface area contributed by atoms with Crippen molar-refractivity contribution in [3.8, 4) is 0 Å². The van der Waals surface area contributed by atoms with Crippen molar-refractivity contribution in [1.82, 2.24) is 0 Å². The molecule has 0 heterocycles. The molecule has 0 aromatic carbocycles. The Hall–Kier alpha value is -2.11. The van der Waals surface area contributed by atoms with E-state index in [-0.39, 0.29) is 31.1 Å². The van der Waals surface area contributed by atoms with Crippen molar-refractivity contribution in [2.45, 2.75) is 406 Å². The average molecular weight is 1100 g/mol. The molecule has 1 unspecified atom stereocenters. The van der Waals surface area contributed by atoms with E-state index in [0.717, 1.165) is 77.0 Å². The number of allylic oxidation sites excluding steroid dienone is 4. The molecule has 78 heavy (non-hydrogen) atoms. The Morgan fingerprint density at radius 3 is 0.744 bits per heavy atom. The lowest BCUT2D eigenvalue weighted by Gasteiger charge is -2.18. The predicted octanol–water partition coefficient (Wildman–Crippen LogP) is 24.2. The van der Waals surface area contributed by atoms with E-state index in [0.29, 0.717) is 19.3 Å². The fraction of sp³-hybridized carbons (Fsp3) is 0.903. The summed E-state index contributed by atoms with van der Waals surface area (Å²) in [6, 6.07) is 0. The number of unbranched alkanes of at least 4 members (excludes halogenated alkanes) is 51. The molecule has 460 valence electrons. The molecule has 6 nitrogen and oxygen atoms in total. The standard InChI is InChI=1S/C72H136O6/c1-4-7-10-13-16-19-22-25-28-29-30-31-32-33-34-35-36-37-38-39-40-41-42-43-44-45-48-50-53-56-59-62-65-71(74)77-68-69(78-72(75)66-63-60-57-54-51-47-27-24-21-18-15-12-9-6-3)67-76-70(73)64-61-58-55-52-49-46-26-23-20-17-14-11-8-5-2/h15,18,24,27,69H,4-14,16-17,19-23,25-26,28-68H2,1-3H3/b18-15-,27-24-. The van der Waals surface area contributed by atoms with Crippen LogP contribution in [0.1, 0.15) is 400 Å². The molecule has 0 bridgehead atoms. The van der Waals surface area contributed by atoms with E-state index in [1.165, 1.54) is 283 Å². The van der Waals surface area contributed by atoms with Gasteiger partial charge >= 0.3 is 17.9 Å². The first kappa shape index (κ1) is 75.9. The minimum Gasteiger partial charge on any atom is -0.462 e. The van der Waals surface area contributed by atoms with Crippen LogP contribution in [0.3, 0.4) is 0 Å². The average Bonchev–Trinajstić information content (AvgIpc) is 3.44. The topological polar surface area (TPSA) is 78.9 Å². The lowest BCUT2D eigenvalue weighted by Crippen LogP contribution is -2.30. The molecule has 0 N–H and O–H groups in total. The third-order valence-electron chi connectivity index (χ3n) is 16.2. The van der Waals surface area contributed by atoms with E-state index >= 15 is 0 Å². The summed E-state index contributed by atoms with van der Waals surface area (Å²) >= 11 is 0. The van der Waals surface area contributed by atoms with E-state index in [2.05, 4.69) is 45.1 Å². The Labute approximate surface area is 487 Å². The lowest BCUT2D eigenvalue weighted by atomic mass is 10.0. The van der Waals surface area contributed by atoms with Gasteiger partial charge in [-0.3, -0.25) is 14.4 Å². The largest absolute Gasteiger partial charge is 0.462 e. The van der Waals surface area contributed by atoms with Gasteiger partial charge in [-0.1, -0.05) is 360 Å². The number of esters is 3. The molecule has 0 saturated heterocycles. The van der Waals surface area contributed by atoms with Gasteiger partial charge in [-0.2, -0.15) is 0 Å². The molecular weight excluding hydrogens is 961 g/mol. The van der Waals surface area contributed by atoms with Gasteiger partial charge < -0.3 is 14.2 Å². The number of hydrogen-bond acceptors (Lipinski definition) is 6. The molecule has 1 atom stereocenters. The van der Waals surface area contributed by atoms with Crippen LogP contribution in [-0.4, -0.2) is 37.2 Å². The Balaban J connectivity index is 4.08. The Morgan fingerprint density at radius 1 is 0.256 bits per heavy atom. The van der Waals surface area contributed by atoms with Crippen LogP contribution in [0.2, 0.25) is 0 Å². The predicted molar refractivity (Wildman–Crippen MR) is 340 cm³/mol. The molecule has 0 spiro atoms. The maximum absolute atomic E-state index is 12.9. The zero-order valence-corrected chi connectivity index (χ0v) is 53.0. The zero-order chi connectivity index (χ0) is 56.4. The van der Waals surface area contributed by atoms with Crippen molar-refractivity contribution in [2.24, 2.45) is 0 Å². The molecule has 0 aromatic heterocycles. The van der Waals surface area contributed by atoms with Gasteiger partial charge in [0.15, 0.2) is 6.10 Å². The zero-order valence-electron chi connectivity index (χ0n) is 53.0. The monoisotopic (exact) mass is 1100 g/mol. The second kappa shape index (κ2) is 67.4. The number of carbonyl (C=O) groups is 3. The van der Waals surface area contributed by atoms with Crippen molar-refractivity contribution in [3.05, 3.63) is 24.3 Å². The highest BCUT2D eigenvalue weighted by Gasteiger charge is 2.19. The summed E-state index contributed by atoms with van der Waals surface area (Å²) in [4.78, 5) is 38.3. The van der Waals surface area contributed by atoms with Gasteiger partial charge in [0.25, 0.3) is 0 Å². The van der Waals surface area contributed by atoms with Gasteiger partial charge in [0.05, 0.1) is 0 Å². The van der Waals surface area contributed by atoms with Crippen molar-refractivity contribution in [1.29, 1.82) is 0 Å². The first-order chi connectivity index (χ1) is 38.5. The highest BCUT2D eigenvalue weighted by atomic mass is 16.6. The Morgan fingerprint density at radius 2 is 0.474 bits per heavy atom. The van der Waals surface area contributed by atoms with Gasteiger partial charge in [0, 0.05) is 19.3 Å². The molecule has 0 saturated carbocycles. The molecule has 0 aliphatic rings. The van der Waals surface area contributed by atoms with Crippen LogP contribution in [0.4, 0.5) is 0 Å². The van der Waals surface area contributed by atoms with Gasteiger partial charge in [0.2, 0.25) is 0 Å². The van der Waals surface area contributed by atoms with Crippen LogP contribution in [0.25, 0.3) is 0 Å². The molecule has 0 radical (unpaired) electrons. The van der Waals surface area contributed by atoms with Crippen molar-refractivity contribution < 1.29 is 28.6 Å². The van der Waals surface area contributed by atoms with Crippen molar-refractivity contribution in [3.63, 3.8) is 0 Å². The summed E-state index contributed by atoms with van der Waals surface area (Å²) in [5.41, 5.74) is 0. The van der Waals surface area contributed by atoms with Crippen LogP contribution in [0.15, 0.2) is 24.3 Å². The molecule has 0 amide bonds. The minimum atomic E-state index is -0.775. The van der Waals surface area contributed by atoms with Gasteiger partial charge in [-0.15, -0.1) is 0 Å². The molecular formula is C72H136O6. The van der Waals surface area contributed by atoms with E-state index < -0.39 is 6.10 Å². The summed E-state index contributed by atoms with van der Waals surface area (Å²) in [5.74, 6) is -0.857. The minimum absolute atomic E-state index is 0.0710. The van der Waals surface area contributed by atoms with Crippen LogP contribution in [0.5, 0.6) is 0 Å².